The molecule has 0 bridgehead atoms. The number of carbonyl (C=O) groups excluding carboxylic acids is 1. The molecule has 0 radical (unpaired) electrons. The van der Waals surface area contributed by atoms with Crippen LogP contribution in [0.2, 0.25) is 0 Å². The van der Waals surface area contributed by atoms with Crippen molar-refractivity contribution in [3.05, 3.63) is 65.7 Å². The van der Waals surface area contributed by atoms with Crippen LogP contribution in [0.5, 0.6) is 5.75 Å². The van der Waals surface area contributed by atoms with Crippen LogP contribution in [-0.4, -0.2) is 42.3 Å². The lowest BCUT2D eigenvalue weighted by Gasteiger charge is -2.33. The molecule has 1 fully saturated rings. The van der Waals surface area contributed by atoms with Gasteiger partial charge in [0.2, 0.25) is 5.91 Å². The number of hydrogen-bond donors (Lipinski definition) is 2. The number of nitrogens with zero attached hydrogens (tertiary/aromatic N) is 2. The number of carbonyl (C=O) groups is 1. The van der Waals surface area contributed by atoms with Gasteiger partial charge in [-0.15, -0.1) is 0 Å². The molecule has 2 aromatic carbocycles. The molecule has 4 rings (SSSR count). The number of nitrogens with one attached hydrogen (secondary N) is 2. The minimum atomic E-state index is 0.0772. The second-order valence-electron chi connectivity index (χ2n) is 7.89. The topological polar surface area (TPSA) is 70.2 Å². The van der Waals surface area contributed by atoms with Gasteiger partial charge in [0.25, 0.3) is 0 Å². The van der Waals surface area contributed by atoms with E-state index in [1.54, 1.807) is 7.11 Å². The van der Waals surface area contributed by atoms with Gasteiger partial charge in [-0.1, -0.05) is 29.8 Å². The van der Waals surface area contributed by atoms with E-state index >= 15 is 0 Å². The quantitative estimate of drug-likeness (QED) is 0.657. The third kappa shape index (κ3) is 4.82. The zero-order valence-corrected chi connectivity index (χ0v) is 17.5. The van der Waals surface area contributed by atoms with Crippen LogP contribution in [-0.2, 0) is 11.2 Å². The number of H-pyrrole nitrogens is 1. The van der Waals surface area contributed by atoms with Gasteiger partial charge in [0.15, 0.2) is 5.82 Å². The van der Waals surface area contributed by atoms with Gasteiger partial charge in [-0.3, -0.25) is 9.89 Å². The Morgan fingerprint density at radius 1 is 1.23 bits per heavy atom. The van der Waals surface area contributed by atoms with Gasteiger partial charge >= 0.3 is 0 Å². The zero-order chi connectivity index (χ0) is 20.9. The van der Waals surface area contributed by atoms with Crippen molar-refractivity contribution in [2.24, 2.45) is 0 Å². The predicted octanol–water partition coefficient (Wildman–Crippen LogP) is 3.72. The fourth-order valence-electron chi connectivity index (χ4n) is 3.98. The molecule has 2 N–H and O–H groups in total. The highest BCUT2D eigenvalue weighted by atomic mass is 16.5. The minimum Gasteiger partial charge on any atom is -0.497 e. The fraction of sp³-hybridized carbons (Fsp3) is 0.333. The molecule has 1 aliphatic rings. The molecule has 0 saturated carbocycles. The Bertz CT molecular complexity index is 996. The number of ether oxygens (including phenoxy) is 1. The lowest BCUT2D eigenvalue weighted by atomic mass is 10.0. The summed E-state index contributed by atoms with van der Waals surface area (Å²) in [6, 6.07) is 18.2. The molecule has 1 atom stereocenters. The number of aromatic nitrogens is 2. The van der Waals surface area contributed by atoms with Gasteiger partial charge in [0.05, 0.1) is 19.2 Å². The van der Waals surface area contributed by atoms with Crippen LogP contribution < -0.4 is 15.0 Å². The molecule has 2 heterocycles. The highest BCUT2D eigenvalue weighted by Crippen LogP contribution is 2.25. The molecular formula is C24H28N4O2. The van der Waals surface area contributed by atoms with Crippen molar-refractivity contribution in [1.82, 2.24) is 15.5 Å². The van der Waals surface area contributed by atoms with Gasteiger partial charge < -0.3 is 15.0 Å². The van der Waals surface area contributed by atoms with Gasteiger partial charge in [0, 0.05) is 25.2 Å². The van der Waals surface area contributed by atoms with E-state index in [1.807, 2.05) is 49.4 Å². The van der Waals surface area contributed by atoms with Crippen LogP contribution >= 0.6 is 0 Å². The van der Waals surface area contributed by atoms with Crippen molar-refractivity contribution in [2.75, 3.05) is 25.1 Å². The smallest absolute Gasteiger partial charge is 0.224 e. The number of piperidine rings is 1. The standard InChI is InChI=1S/C24H28N4O2/c1-17-5-3-6-18(13-17)14-24(29)25-20-7-4-12-28(16-20)23-15-22(26-27-23)19-8-10-21(30-2)11-9-19/h3,5-6,8-11,13,15,20H,4,7,12,14,16H2,1-2H3,(H,25,29)(H,26,27)/t20-/m1/s1. The van der Waals surface area contributed by atoms with E-state index < -0.39 is 0 Å². The fourth-order valence-corrected chi connectivity index (χ4v) is 3.98. The maximum Gasteiger partial charge on any atom is 0.224 e. The van der Waals surface area contributed by atoms with Crippen LogP contribution in [0.1, 0.15) is 24.0 Å². The Balaban J connectivity index is 1.36. The van der Waals surface area contributed by atoms with Crippen LogP contribution in [0.15, 0.2) is 54.6 Å². The number of benzene rings is 2. The maximum atomic E-state index is 12.5. The number of anilines is 1. The van der Waals surface area contributed by atoms with Crippen molar-refractivity contribution in [1.29, 1.82) is 0 Å². The second-order valence-corrected chi connectivity index (χ2v) is 7.89. The molecule has 0 spiro atoms. The summed E-state index contributed by atoms with van der Waals surface area (Å²) in [5.74, 6) is 1.82. The summed E-state index contributed by atoms with van der Waals surface area (Å²) in [5, 5.41) is 10.8. The number of methoxy groups -OCH3 is 1. The molecular weight excluding hydrogens is 376 g/mol. The summed E-state index contributed by atoms with van der Waals surface area (Å²) >= 11 is 0. The lowest BCUT2D eigenvalue weighted by Crippen LogP contribution is -2.48. The molecule has 1 aliphatic heterocycles. The molecule has 0 aliphatic carbocycles. The summed E-state index contributed by atoms with van der Waals surface area (Å²) in [6.07, 6.45) is 2.44. The number of rotatable bonds is 6. The van der Waals surface area contributed by atoms with Crippen LogP contribution in [0.4, 0.5) is 5.82 Å². The van der Waals surface area contributed by atoms with Crippen LogP contribution in [0.3, 0.4) is 0 Å². The van der Waals surface area contributed by atoms with Crippen molar-refractivity contribution in [3.8, 4) is 17.0 Å². The molecule has 1 aromatic heterocycles. The number of hydrogen-bond acceptors (Lipinski definition) is 4. The van der Waals surface area contributed by atoms with E-state index in [0.29, 0.717) is 6.42 Å². The molecule has 3 aromatic rings. The van der Waals surface area contributed by atoms with E-state index in [0.717, 1.165) is 54.3 Å². The third-order valence-electron chi connectivity index (χ3n) is 5.52. The maximum absolute atomic E-state index is 12.5. The Labute approximate surface area is 177 Å². The van der Waals surface area contributed by atoms with Crippen LogP contribution in [0.25, 0.3) is 11.3 Å². The lowest BCUT2D eigenvalue weighted by molar-refractivity contribution is -0.121. The van der Waals surface area contributed by atoms with Crippen molar-refractivity contribution < 1.29 is 9.53 Å². The van der Waals surface area contributed by atoms with E-state index in [1.165, 1.54) is 5.56 Å². The first-order valence-corrected chi connectivity index (χ1v) is 10.4. The molecule has 0 unspecified atom stereocenters. The molecule has 30 heavy (non-hydrogen) atoms. The van der Waals surface area contributed by atoms with E-state index in [2.05, 4.69) is 32.5 Å². The molecule has 6 heteroatoms. The molecule has 156 valence electrons. The highest BCUT2D eigenvalue weighted by molar-refractivity contribution is 5.79. The van der Waals surface area contributed by atoms with Crippen molar-refractivity contribution >= 4 is 11.7 Å². The number of aryl methyl sites for hydroxylation is 1. The highest BCUT2D eigenvalue weighted by Gasteiger charge is 2.23. The summed E-state index contributed by atoms with van der Waals surface area (Å²) < 4.78 is 5.22. The van der Waals surface area contributed by atoms with E-state index in [-0.39, 0.29) is 11.9 Å². The normalized spacial score (nSPS) is 16.3. The van der Waals surface area contributed by atoms with Gasteiger partial charge in [0.1, 0.15) is 5.75 Å². The Morgan fingerprint density at radius 2 is 2.07 bits per heavy atom. The Kier molecular flexibility index (Phi) is 6.02. The van der Waals surface area contributed by atoms with Gasteiger partial charge in [-0.05, 0) is 55.2 Å². The van der Waals surface area contributed by atoms with E-state index in [4.69, 9.17) is 4.74 Å². The Morgan fingerprint density at radius 3 is 2.83 bits per heavy atom. The largest absolute Gasteiger partial charge is 0.497 e. The SMILES string of the molecule is COc1ccc(-c2cc(N3CCC[C@@H](NC(=O)Cc4cccc(C)c4)C3)n[nH]2)cc1. The third-order valence-corrected chi connectivity index (χ3v) is 5.52. The zero-order valence-electron chi connectivity index (χ0n) is 17.5. The van der Waals surface area contributed by atoms with Crippen LogP contribution in [0, 0.1) is 6.92 Å². The summed E-state index contributed by atoms with van der Waals surface area (Å²) in [4.78, 5) is 14.8. The average molecular weight is 405 g/mol. The first kappa shape index (κ1) is 20.0. The first-order valence-electron chi connectivity index (χ1n) is 10.4. The number of amides is 1. The second kappa shape index (κ2) is 9.03. The molecule has 1 saturated heterocycles. The summed E-state index contributed by atoms with van der Waals surface area (Å²) in [6.45, 7) is 3.76. The predicted molar refractivity (Wildman–Crippen MR) is 119 cm³/mol. The van der Waals surface area contributed by atoms with E-state index in [9.17, 15) is 4.79 Å². The monoisotopic (exact) mass is 404 g/mol. The Hall–Kier alpha value is -3.28. The minimum absolute atomic E-state index is 0.0772. The summed E-state index contributed by atoms with van der Waals surface area (Å²) in [7, 11) is 1.66. The average Bonchev–Trinajstić information content (AvgIpc) is 3.24. The van der Waals surface area contributed by atoms with Crippen molar-refractivity contribution in [3.63, 3.8) is 0 Å². The molecule has 6 nitrogen and oxygen atoms in total. The first-order chi connectivity index (χ1) is 14.6. The van der Waals surface area contributed by atoms with Gasteiger partial charge in [-0.2, -0.15) is 5.10 Å². The molecule has 1 amide bonds. The van der Waals surface area contributed by atoms with Gasteiger partial charge in [-0.25, -0.2) is 0 Å². The van der Waals surface area contributed by atoms with Crippen molar-refractivity contribution in [2.45, 2.75) is 32.2 Å². The number of aromatic amines is 1. The summed E-state index contributed by atoms with van der Waals surface area (Å²) in [5.41, 5.74) is 4.26.